The van der Waals surface area contributed by atoms with Crippen molar-refractivity contribution in [2.45, 2.75) is 50.1 Å². The maximum absolute atomic E-state index is 12.9. The zero-order chi connectivity index (χ0) is 21.3. The Bertz CT molecular complexity index is 799. The first-order valence-electron chi connectivity index (χ1n) is 11.0. The van der Waals surface area contributed by atoms with E-state index in [0.29, 0.717) is 24.1 Å². The fourth-order valence-electron chi connectivity index (χ4n) is 5.68. The fraction of sp³-hybridized carbons (Fsp3) is 0.652. The van der Waals surface area contributed by atoms with E-state index in [1.807, 2.05) is 18.0 Å². The molecular weight excluding hydrogens is 382 g/mol. The van der Waals surface area contributed by atoms with Gasteiger partial charge in [-0.15, -0.1) is 0 Å². The smallest absolute Gasteiger partial charge is 0.237 e. The number of likely N-dealkylation sites (N-methyl/N-ethyl adjacent to an activating group) is 1. The molecule has 164 valence electrons. The fourth-order valence-corrected chi connectivity index (χ4v) is 5.68. The molecule has 2 amide bonds. The summed E-state index contributed by atoms with van der Waals surface area (Å²) in [6.07, 6.45) is 5.03. The third-order valence-corrected chi connectivity index (χ3v) is 7.28. The molecule has 2 aliphatic carbocycles. The summed E-state index contributed by atoms with van der Waals surface area (Å²) in [5.41, 5.74) is 1.19. The van der Waals surface area contributed by atoms with E-state index >= 15 is 0 Å². The number of piperazine rings is 1. The SMILES string of the molecule is COc1ccc([C@H]2C3CCCCC3[C@@H]2NC(=O)CC2C(=O)NCCN2C)cc1OC. The molecule has 1 heterocycles. The second-order valence-electron chi connectivity index (χ2n) is 8.84. The van der Waals surface area contributed by atoms with Crippen LogP contribution in [-0.2, 0) is 9.59 Å². The van der Waals surface area contributed by atoms with Gasteiger partial charge in [0.25, 0.3) is 0 Å². The van der Waals surface area contributed by atoms with Crippen molar-refractivity contribution in [2.75, 3.05) is 34.4 Å². The molecule has 7 nitrogen and oxygen atoms in total. The van der Waals surface area contributed by atoms with Gasteiger partial charge in [0.1, 0.15) is 0 Å². The maximum atomic E-state index is 12.9. The first-order valence-corrected chi connectivity index (χ1v) is 11.0. The van der Waals surface area contributed by atoms with E-state index in [9.17, 15) is 9.59 Å². The van der Waals surface area contributed by atoms with Crippen LogP contribution in [0.5, 0.6) is 11.5 Å². The zero-order valence-corrected chi connectivity index (χ0v) is 18.1. The average Bonchev–Trinajstić information content (AvgIpc) is 2.75. The van der Waals surface area contributed by atoms with E-state index in [0.717, 1.165) is 18.7 Å². The molecule has 0 spiro atoms. The van der Waals surface area contributed by atoms with Crippen LogP contribution in [0.25, 0.3) is 0 Å². The molecule has 3 aliphatic rings. The summed E-state index contributed by atoms with van der Waals surface area (Å²) in [6.45, 7) is 1.41. The van der Waals surface area contributed by atoms with Gasteiger partial charge in [0.05, 0.1) is 26.7 Å². The molecule has 1 aromatic rings. The van der Waals surface area contributed by atoms with Gasteiger partial charge >= 0.3 is 0 Å². The second-order valence-corrected chi connectivity index (χ2v) is 8.84. The minimum Gasteiger partial charge on any atom is -0.493 e. The van der Waals surface area contributed by atoms with Crippen molar-refractivity contribution >= 4 is 11.8 Å². The highest BCUT2D eigenvalue weighted by molar-refractivity contribution is 5.89. The van der Waals surface area contributed by atoms with Crippen molar-refractivity contribution in [3.8, 4) is 11.5 Å². The molecule has 1 aromatic carbocycles. The number of ether oxygens (including phenoxy) is 2. The molecule has 30 heavy (non-hydrogen) atoms. The summed E-state index contributed by atoms with van der Waals surface area (Å²) in [4.78, 5) is 27.1. The van der Waals surface area contributed by atoms with Gasteiger partial charge in [-0.05, 0) is 49.4 Å². The zero-order valence-electron chi connectivity index (χ0n) is 18.1. The maximum Gasteiger partial charge on any atom is 0.237 e. The predicted octanol–water partition coefficient (Wildman–Crippen LogP) is 1.91. The third-order valence-electron chi connectivity index (χ3n) is 7.28. The van der Waals surface area contributed by atoms with E-state index in [4.69, 9.17) is 9.47 Å². The normalized spacial score (nSPS) is 31.2. The van der Waals surface area contributed by atoms with Crippen LogP contribution in [0.2, 0.25) is 0 Å². The van der Waals surface area contributed by atoms with Gasteiger partial charge in [0.2, 0.25) is 11.8 Å². The summed E-state index contributed by atoms with van der Waals surface area (Å²) in [5.74, 6) is 2.72. The van der Waals surface area contributed by atoms with Gasteiger partial charge in [-0.25, -0.2) is 0 Å². The third kappa shape index (κ3) is 3.87. The number of hydrogen-bond donors (Lipinski definition) is 2. The first-order chi connectivity index (χ1) is 14.5. The molecule has 2 saturated carbocycles. The summed E-state index contributed by atoms with van der Waals surface area (Å²) in [7, 11) is 5.19. The van der Waals surface area contributed by atoms with Gasteiger partial charge in [-0.2, -0.15) is 0 Å². The van der Waals surface area contributed by atoms with Crippen molar-refractivity contribution in [1.82, 2.24) is 15.5 Å². The highest BCUT2D eigenvalue weighted by Gasteiger charge is 2.52. The van der Waals surface area contributed by atoms with Crippen molar-refractivity contribution in [2.24, 2.45) is 11.8 Å². The van der Waals surface area contributed by atoms with E-state index in [1.54, 1.807) is 14.2 Å². The lowest BCUT2D eigenvalue weighted by molar-refractivity contribution is -0.134. The highest BCUT2D eigenvalue weighted by Crippen LogP contribution is 2.55. The van der Waals surface area contributed by atoms with Crippen LogP contribution >= 0.6 is 0 Å². The summed E-state index contributed by atoms with van der Waals surface area (Å²) in [6, 6.07) is 5.82. The van der Waals surface area contributed by atoms with Crippen LogP contribution < -0.4 is 20.1 Å². The Balaban J connectivity index is 1.50. The number of benzene rings is 1. The molecule has 3 fully saturated rings. The van der Waals surface area contributed by atoms with Crippen molar-refractivity contribution in [1.29, 1.82) is 0 Å². The van der Waals surface area contributed by atoms with E-state index < -0.39 is 0 Å². The van der Waals surface area contributed by atoms with Crippen LogP contribution in [0.3, 0.4) is 0 Å². The van der Waals surface area contributed by atoms with Crippen molar-refractivity contribution in [3.05, 3.63) is 23.8 Å². The standard InChI is InChI=1S/C23H33N3O4/c1-26-11-10-24-23(28)17(26)13-20(27)25-22-16-7-5-4-6-15(16)21(22)14-8-9-18(29-2)19(12-14)30-3/h8-9,12,15-17,21-22H,4-7,10-11,13H2,1-3H3,(H,24,28)(H,25,27)/t15?,16?,17?,21-,22-/m0/s1. The summed E-state index contributed by atoms with van der Waals surface area (Å²) < 4.78 is 10.9. The quantitative estimate of drug-likeness (QED) is 0.742. The van der Waals surface area contributed by atoms with Gasteiger partial charge in [-0.3, -0.25) is 14.5 Å². The summed E-state index contributed by atoms with van der Waals surface area (Å²) in [5, 5.41) is 6.17. The predicted molar refractivity (Wildman–Crippen MR) is 114 cm³/mol. The van der Waals surface area contributed by atoms with Gasteiger partial charge < -0.3 is 20.1 Å². The van der Waals surface area contributed by atoms with Crippen LogP contribution in [-0.4, -0.2) is 63.2 Å². The number of fused-ring (bicyclic) bond motifs is 1. The molecule has 1 saturated heterocycles. The molecule has 7 heteroatoms. The number of hydrogen-bond acceptors (Lipinski definition) is 5. The Hall–Kier alpha value is -2.28. The Kier molecular flexibility index (Phi) is 6.18. The molecule has 0 radical (unpaired) electrons. The monoisotopic (exact) mass is 415 g/mol. The largest absolute Gasteiger partial charge is 0.493 e. The minimum atomic E-state index is -0.388. The molecule has 1 aliphatic heterocycles. The number of methoxy groups -OCH3 is 2. The lowest BCUT2D eigenvalue weighted by Crippen LogP contribution is -2.61. The Morgan fingerprint density at radius 1 is 1.17 bits per heavy atom. The average molecular weight is 416 g/mol. The molecule has 3 unspecified atom stereocenters. The molecular formula is C23H33N3O4. The lowest BCUT2D eigenvalue weighted by atomic mass is 9.53. The van der Waals surface area contributed by atoms with Crippen LogP contribution in [0.4, 0.5) is 0 Å². The minimum absolute atomic E-state index is 0.0385. The molecule has 2 N–H and O–H groups in total. The van der Waals surface area contributed by atoms with E-state index in [-0.39, 0.29) is 36.2 Å². The van der Waals surface area contributed by atoms with Crippen LogP contribution in [0, 0.1) is 11.8 Å². The highest BCUT2D eigenvalue weighted by atomic mass is 16.5. The first kappa shape index (κ1) is 21.0. The lowest BCUT2D eigenvalue weighted by Gasteiger charge is -2.55. The molecule has 0 bridgehead atoms. The Labute approximate surface area is 178 Å². The van der Waals surface area contributed by atoms with Crippen molar-refractivity contribution in [3.63, 3.8) is 0 Å². The van der Waals surface area contributed by atoms with Crippen LogP contribution in [0.1, 0.15) is 43.6 Å². The number of nitrogens with zero attached hydrogens (tertiary/aromatic N) is 1. The molecule has 5 atom stereocenters. The van der Waals surface area contributed by atoms with Crippen LogP contribution in [0.15, 0.2) is 18.2 Å². The number of amides is 2. The number of carbonyl (C=O) groups excluding carboxylic acids is 2. The number of carbonyl (C=O) groups is 2. The van der Waals surface area contributed by atoms with Gasteiger partial charge in [0.15, 0.2) is 11.5 Å². The second kappa shape index (κ2) is 8.84. The number of rotatable bonds is 6. The Morgan fingerprint density at radius 3 is 2.60 bits per heavy atom. The molecule has 4 rings (SSSR count). The van der Waals surface area contributed by atoms with E-state index in [2.05, 4.69) is 22.8 Å². The topological polar surface area (TPSA) is 79.9 Å². The van der Waals surface area contributed by atoms with Gasteiger partial charge in [0, 0.05) is 25.0 Å². The molecule has 0 aromatic heterocycles. The van der Waals surface area contributed by atoms with Crippen molar-refractivity contribution < 1.29 is 19.1 Å². The Morgan fingerprint density at radius 2 is 1.90 bits per heavy atom. The summed E-state index contributed by atoms with van der Waals surface area (Å²) >= 11 is 0. The van der Waals surface area contributed by atoms with E-state index in [1.165, 1.54) is 24.8 Å². The number of nitrogens with one attached hydrogen (secondary N) is 2. The van der Waals surface area contributed by atoms with Gasteiger partial charge in [-0.1, -0.05) is 18.9 Å².